The molecule has 5 nitrogen and oxygen atoms in total. The Hall–Kier alpha value is -2.01. The predicted molar refractivity (Wildman–Crippen MR) is 108 cm³/mol. The summed E-state index contributed by atoms with van der Waals surface area (Å²) in [5.41, 5.74) is 2.47. The summed E-state index contributed by atoms with van der Waals surface area (Å²) < 4.78 is 18.0. The minimum Gasteiger partial charge on any atom is -0.493 e. The summed E-state index contributed by atoms with van der Waals surface area (Å²) in [5, 5.41) is 0. The summed E-state index contributed by atoms with van der Waals surface area (Å²) in [6.45, 7) is 8.52. The maximum Gasteiger partial charge on any atom is 0.303 e. The van der Waals surface area contributed by atoms with Crippen LogP contribution in [0.15, 0.2) is 24.8 Å². The van der Waals surface area contributed by atoms with Crippen molar-refractivity contribution >= 4 is 5.97 Å². The van der Waals surface area contributed by atoms with E-state index in [4.69, 9.17) is 14.2 Å². The number of ether oxygens (including phenoxy) is 3. The van der Waals surface area contributed by atoms with Gasteiger partial charge < -0.3 is 14.2 Å². The van der Waals surface area contributed by atoms with Gasteiger partial charge in [0.25, 0.3) is 0 Å². The molecule has 0 saturated heterocycles. The quantitative estimate of drug-likeness (QED) is 0.554. The number of carbonyl (C=O) groups excluding carboxylic acids is 1. The van der Waals surface area contributed by atoms with Crippen LogP contribution in [0.5, 0.6) is 11.5 Å². The van der Waals surface area contributed by atoms with E-state index in [-0.39, 0.29) is 23.6 Å². The van der Waals surface area contributed by atoms with Gasteiger partial charge >= 0.3 is 5.97 Å². The van der Waals surface area contributed by atoms with Crippen molar-refractivity contribution in [3.8, 4) is 11.5 Å². The van der Waals surface area contributed by atoms with Gasteiger partial charge in [-0.2, -0.15) is 0 Å². The predicted octanol–water partition coefficient (Wildman–Crippen LogP) is 3.49. The second-order valence-electron chi connectivity index (χ2n) is 8.39. The van der Waals surface area contributed by atoms with Gasteiger partial charge in [-0.15, -0.1) is 6.58 Å². The maximum absolute atomic E-state index is 11.8. The van der Waals surface area contributed by atoms with Crippen LogP contribution in [-0.4, -0.2) is 49.8 Å². The third-order valence-corrected chi connectivity index (χ3v) is 7.19. The highest BCUT2D eigenvalue weighted by atomic mass is 16.6. The molecule has 3 unspecified atom stereocenters. The van der Waals surface area contributed by atoms with Crippen molar-refractivity contribution in [3.05, 3.63) is 35.9 Å². The lowest BCUT2D eigenvalue weighted by Crippen LogP contribution is -2.62. The number of methoxy groups -OCH3 is 1. The molecule has 5 heteroatoms. The second kappa shape index (κ2) is 7.11. The van der Waals surface area contributed by atoms with E-state index in [9.17, 15) is 4.79 Å². The molecule has 1 fully saturated rings. The Kier molecular flexibility index (Phi) is 4.90. The van der Waals surface area contributed by atoms with Gasteiger partial charge in [0.05, 0.1) is 7.11 Å². The zero-order chi connectivity index (χ0) is 20.1. The fourth-order valence-corrected chi connectivity index (χ4v) is 6.17. The molecule has 1 aliphatic heterocycles. The van der Waals surface area contributed by atoms with Crippen LogP contribution in [0.25, 0.3) is 0 Å². The van der Waals surface area contributed by atoms with Crippen LogP contribution in [0, 0.1) is 5.92 Å². The van der Waals surface area contributed by atoms with Crippen LogP contribution >= 0.6 is 0 Å². The van der Waals surface area contributed by atoms with Gasteiger partial charge in [0.1, 0.15) is 12.2 Å². The molecule has 152 valence electrons. The lowest BCUT2D eigenvalue weighted by molar-refractivity contribution is -0.160. The van der Waals surface area contributed by atoms with Gasteiger partial charge in [0, 0.05) is 30.5 Å². The minimum absolute atomic E-state index is 0.157. The molecule has 3 aliphatic rings. The molecule has 2 aliphatic carbocycles. The molecule has 1 heterocycles. The molecule has 0 bridgehead atoms. The third kappa shape index (κ3) is 2.59. The lowest BCUT2D eigenvalue weighted by Gasteiger charge is -2.54. The first-order valence-electron chi connectivity index (χ1n) is 10.3. The Labute approximate surface area is 167 Å². The van der Waals surface area contributed by atoms with Crippen molar-refractivity contribution in [2.75, 3.05) is 20.7 Å². The van der Waals surface area contributed by atoms with Crippen molar-refractivity contribution in [1.82, 2.24) is 4.90 Å². The largest absolute Gasteiger partial charge is 0.493 e. The van der Waals surface area contributed by atoms with Crippen molar-refractivity contribution in [1.29, 1.82) is 0 Å². The average Bonchev–Trinajstić information content (AvgIpc) is 3.04. The third-order valence-electron chi connectivity index (χ3n) is 7.19. The van der Waals surface area contributed by atoms with Crippen LogP contribution in [0.2, 0.25) is 0 Å². The van der Waals surface area contributed by atoms with Crippen LogP contribution < -0.4 is 9.47 Å². The molecule has 1 aromatic carbocycles. The van der Waals surface area contributed by atoms with E-state index in [2.05, 4.69) is 31.5 Å². The fourth-order valence-electron chi connectivity index (χ4n) is 6.17. The summed E-state index contributed by atoms with van der Waals surface area (Å²) in [6, 6.07) is 4.62. The molecule has 0 N–H and O–H groups in total. The van der Waals surface area contributed by atoms with E-state index < -0.39 is 0 Å². The minimum atomic E-state index is -0.238. The Morgan fingerprint density at radius 2 is 2.21 bits per heavy atom. The zero-order valence-electron chi connectivity index (χ0n) is 17.4. The van der Waals surface area contributed by atoms with E-state index >= 15 is 0 Å². The van der Waals surface area contributed by atoms with E-state index in [1.807, 2.05) is 12.1 Å². The fraction of sp³-hybridized carbons (Fsp3) is 0.609. The monoisotopic (exact) mass is 385 g/mol. The van der Waals surface area contributed by atoms with E-state index in [1.54, 1.807) is 7.11 Å². The molecular formula is C23H31NO4. The Bertz CT molecular complexity index is 791. The number of nitrogens with zero attached hydrogens (tertiary/aromatic N) is 1. The Morgan fingerprint density at radius 3 is 2.86 bits per heavy atom. The maximum atomic E-state index is 11.8. The number of benzene rings is 1. The number of hydrogen-bond donors (Lipinski definition) is 0. The number of hydrogen-bond acceptors (Lipinski definition) is 5. The van der Waals surface area contributed by atoms with Crippen molar-refractivity contribution in [2.24, 2.45) is 5.92 Å². The van der Waals surface area contributed by atoms with Gasteiger partial charge in [0.15, 0.2) is 11.5 Å². The molecule has 1 aromatic rings. The molecule has 0 radical (unpaired) electrons. The first kappa shape index (κ1) is 19.3. The van der Waals surface area contributed by atoms with Gasteiger partial charge in [-0.3, -0.25) is 9.69 Å². The van der Waals surface area contributed by atoms with Gasteiger partial charge in [-0.1, -0.05) is 19.1 Å². The first-order chi connectivity index (χ1) is 13.5. The average molecular weight is 386 g/mol. The summed E-state index contributed by atoms with van der Waals surface area (Å²) in [5.74, 6) is 1.85. The van der Waals surface area contributed by atoms with E-state index in [0.29, 0.717) is 12.0 Å². The van der Waals surface area contributed by atoms with Crippen LogP contribution in [0.1, 0.15) is 44.2 Å². The Morgan fingerprint density at radius 1 is 1.43 bits per heavy atom. The molecular weight excluding hydrogens is 354 g/mol. The number of rotatable bonds is 6. The summed E-state index contributed by atoms with van der Waals surface area (Å²) in [4.78, 5) is 14.2. The van der Waals surface area contributed by atoms with Crippen LogP contribution in [-0.2, 0) is 21.4 Å². The molecule has 1 saturated carbocycles. The number of carbonyl (C=O) groups is 1. The lowest BCUT2D eigenvalue weighted by atomic mass is 9.53. The highest BCUT2D eigenvalue weighted by Gasteiger charge is 2.64. The normalized spacial score (nSPS) is 32.5. The smallest absolute Gasteiger partial charge is 0.303 e. The number of esters is 1. The summed E-state index contributed by atoms with van der Waals surface area (Å²) >= 11 is 0. The molecule has 0 spiro atoms. The summed E-state index contributed by atoms with van der Waals surface area (Å²) in [6.07, 6.45) is 5.39. The van der Waals surface area contributed by atoms with Crippen LogP contribution in [0.3, 0.4) is 0 Å². The highest BCUT2D eigenvalue weighted by molar-refractivity contribution is 5.67. The topological polar surface area (TPSA) is 48.0 Å². The standard InChI is InChI=1S/C23H31NO4/c1-6-12-24(4)17-13-15-8-10-18(26-5)21-20(15)23(7-2)16(17)9-11-19(22(23)28-21)27-14(3)25/h6,8,10,16-17,19,22H,1,7,9,11-13H2,2-5H3/t16-,17?,19?,22?,23-/m1/s1. The van der Waals surface area contributed by atoms with E-state index in [1.165, 1.54) is 18.1 Å². The molecule has 4 rings (SSSR count). The molecule has 28 heavy (non-hydrogen) atoms. The SMILES string of the molecule is C=CCN(C)C1Cc2ccc(OC)c3c2[C@]2(CC)C(O3)C(OC(C)=O)CC[C@H]12. The Balaban J connectivity index is 1.88. The van der Waals surface area contributed by atoms with Gasteiger partial charge in [-0.05, 0) is 50.3 Å². The molecule has 0 amide bonds. The summed E-state index contributed by atoms with van der Waals surface area (Å²) in [7, 11) is 3.88. The van der Waals surface area contributed by atoms with Gasteiger partial charge in [0.2, 0.25) is 0 Å². The zero-order valence-corrected chi connectivity index (χ0v) is 17.4. The van der Waals surface area contributed by atoms with Gasteiger partial charge in [-0.25, -0.2) is 0 Å². The van der Waals surface area contributed by atoms with E-state index in [0.717, 1.165) is 43.7 Å². The molecule has 0 aromatic heterocycles. The first-order valence-corrected chi connectivity index (χ1v) is 10.3. The molecule has 5 atom stereocenters. The highest BCUT2D eigenvalue weighted by Crippen LogP contribution is 2.62. The number of likely N-dealkylation sites (N-methyl/N-ethyl adjacent to an activating group) is 1. The van der Waals surface area contributed by atoms with Crippen molar-refractivity contribution in [2.45, 2.75) is 63.2 Å². The van der Waals surface area contributed by atoms with Crippen molar-refractivity contribution in [3.63, 3.8) is 0 Å². The van der Waals surface area contributed by atoms with Crippen molar-refractivity contribution < 1.29 is 19.0 Å². The second-order valence-corrected chi connectivity index (χ2v) is 8.39. The van der Waals surface area contributed by atoms with Crippen LogP contribution in [0.4, 0.5) is 0 Å².